The van der Waals surface area contributed by atoms with Gasteiger partial charge < -0.3 is 11.5 Å². The Kier molecular flexibility index (Phi) is 4.95. The number of allylic oxidation sites excluding steroid dienone is 2. The molecule has 0 aromatic heterocycles. The maximum atomic E-state index is 5.44. The number of nitrogens with zero attached hydrogens (tertiary/aromatic N) is 2. The van der Waals surface area contributed by atoms with Crippen LogP contribution in [0.2, 0.25) is 0 Å². The summed E-state index contributed by atoms with van der Waals surface area (Å²) in [4.78, 5) is 7.74. The van der Waals surface area contributed by atoms with Gasteiger partial charge in [0.2, 0.25) is 0 Å². The van der Waals surface area contributed by atoms with Crippen molar-refractivity contribution in [3.8, 4) is 0 Å². The third-order valence-electron chi connectivity index (χ3n) is 1.04. The van der Waals surface area contributed by atoms with E-state index in [9.17, 15) is 0 Å². The van der Waals surface area contributed by atoms with Crippen LogP contribution < -0.4 is 11.5 Å². The number of hydrogen-bond acceptors (Lipinski definition) is 4. The van der Waals surface area contributed by atoms with E-state index in [0.717, 1.165) is 0 Å². The van der Waals surface area contributed by atoms with E-state index in [2.05, 4.69) is 23.1 Å². The van der Waals surface area contributed by atoms with Gasteiger partial charge in [-0.25, -0.2) is 0 Å². The lowest BCUT2D eigenvalue weighted by molar-refractivity contribution is 1.27. The molecule has 0 unspecified atom stereocenters. The van der Waals surface area contributed by atoms with Gasteiger partial charge in [0.25, 0.3) is 0 Å². The first-order valence-electron chi connectivity index (χ1n) is 3.66. The molecule has 0 aliphatic carbocycles. The van der Waals surface area contributed by atoms with Gasteiger partial charge in [0.15, 0.2) is 0 Å². The molecule has 70 valence electrons. The van der Waals surface area contributed by atoms with E-state index in [1.54, 1.807) is 6.92 Å². The summed E-state index contributed by atoms with van der Waals surface area (Å²) in [5.41, 5.74) is 12.2. The van der Waals surface area contributed by atoms with Gasteiger partial charge in [-0.2, -0.15) is 0 Å². The number of nitrogens with two attached hydrogens (primary N) is 2. The van der Waals surface area contributed by atoms with Crippen LogP contribution >= 0.6 is 0 Å². The summed E-state index contributed by atoms with van der Waals surface area (Å²) >= 11 is 0. The normalized spacial score (nSPS) is 13.3. The van der Waals surface area contributed by atoms with E-state index in [1.165, 1.54) is 18.6 Å². The molecule has 0 spiro atoms. The average Bonchev–Trinajstić information content (AvgIpc) is 2.03. The van der Waals surface area contributed by atoms with Gasteiger partial charge in [-0.15, -0.1) is 0 Å². The van der Waals surface area contributed by atoms with Gasteiger partial charge in [-0.3, -0.25) is 9.98 Å². The molecule has 0 atom stereocenters. The van der Waals surface area contributed by atoms with Crippen molar-refractivity contribution in [1.82, 2.24) is 0 Å². The van der Waals surface area contributed by atoms with E-state index in [1.807, 2.05) is 0 Å². The molecule has 0 amide bonds. The van der Waals surface area contributed by atoms with Crippen LogP contribution in [0.1, 0.15) is 6.92 Å². The number of rotatable bonds is 4. The third-order valence-corrected chi connectivity index (χ3v) is 1.04. The van der Waals surface area contributed by atoms with E-state index < -0.39 is 0 Å². The van der Waals surface area contributed by atoms with Gasteiger partial charge in [0.05, 0.1) is 11.9 Å². The first kappa shape index (κ1) is 11.2. The maximum Gasteiger partial charge on any atom is 0.104 e. The predicted molar refractivity (Wildman–Crippen MR) is 57.4 cm³/mol. The zero-order valence-corrected chi connectivity index (χ0v) is 7.70. The van der Waals surface area contributed by atoms with Gasteiger partial charge in [0, 0.05) is 18.1 Å². The summed E-state index contributed by atoms with van der Waals surface area (Å²) in [5.74, 6) is 0. The second-order valence-corrected chi connectivity index (χ2v) is 2.37. The van der Waals surface area contributed by atoms with Crippen molar-refractivity contribution in [3.63, 3.8) is 0 Å². The zero-order chi connectivity index (χ0) is 10.3. The van der Waals surface area contributed by atoms with Crippen molar-refractivity contribution in [2.24, 2.45) is 21.5 Å². The predicted octanol–water partition coefficient (Wildman–Crippen LogP) is 0.934. The van der Waals surface area contributed by atoms with Crippen molar-refractivity contribution >= 4 is 11.9 Å². The fourth-order valence-corrected chi connectivity index (χ4v) is 0.494. The molecule has 0 saturated carbocycles. The lowest BCUT2D eigenvalue weighted by Gasteiger charge is -1.95. The highest BCUT2D eigenvalue weighted by Crippen LogP contribution is 1.89. The minimum absolute atomic E-state index is 0.336. The molecule has 0 fully saturated rings. The molecule has 0 aromatic carbocycles. The minimum Gasteiger partial charge on any atom is -0.401 e. The largest absolute Gasteiger partial charge is 0.401 e. The maximum absolute atomic E-state index is 5.44. The molecule has 0 heterocycles. The molecule has 4 heteroatoms. The second-order valence-electron chi connectivity index (χ2n) is 2.37. The smallest absolute Gasteiger partial charge is 0.104 e. The number of hydrogen-bond donors (Lipinski definition) is 2. The Balaban J connectivity index is 4.70. The minimum atomic E-state index is 0.336. The van der Waals surface area contributed by atoms with Crippen molar-refractivity contribution in [2.45, 2.75) is 6.92 Å². The Labute approximate surface area is 78.1 Å². The highest BCUT2D eigenvalue weighted by Gasteiger charge is 1.93. The monoisotopic (exact) mass is 178 g/mol. The molecular weight excluding hydrogens is 164 g/mol. The van der Waals surface area contributed by atoms with Crippen LogP contribution in [0.3, 0.4) is 0 Å². The molecule has 4 N–H and O–H groups in total. The molecule has 0 aliphatic rings. The Morgan fingerprint density at radius 3 is 2.38 bits per heavy atom. The van der Waals surface area contributed by atoms with E-state index in [0.29, 0.717) is 17.1 Å². The fourth-order valence-electron chi connectivity index (χ4n) is 0.494. The van der Waals surface area contributed by atoms with Gasteiger partial charge in [-0.1, -0.05) is 13.2 Å². The molecular formula is C9H14N4. The van der Waals surface area contributed by atoms with Gasteiger partial charge in [0.1, 0.15) is 5.71 Å². The number of aliphatic imine (C=N–C) groups is 2. The summed E-state index contributed by atoms with van der Waals surface area (Å²) in [6, 6.07) is 0. The van der Waals surface area contributed by atoms with Crippen LogP contribution in [-0.4, -0.2) is 11.9 Å². The highest BCUT2D eigenvalue weighted by atomic mass is 14.8. The lowest BCUT2D eigenvalue weighted by atomic mass is 10.3. The van der Waals surface area contributed by atoms with Crippen LogP contribution in [-0.2, 0) is 0 Å². The molecule has 0 bridgehead atoms. The Bertz CT molecular complexity index is 280. The van der Waals surface area contributed by atoms with Crippen LogP contribution in [0.4, 0.5) is 0 Å². The Hall–Kier alpha value is -1.84. The molecule has 13 heavy (non-hydrogen) atoms. The van der Waals surface area contributed by atoms with Crippen LogP contribution in [0.5, 0.6) is 0 Å². The SMILES string of the molecule is C=C\N=C/C(=N/C=C(/C)N)C(=C)N. The average molecular weight is 178 g/mol. The van der Waals surface area contributed by atoms with E-state index >= 15 is 0 Å². The van der Waals surface area contributed by atoms with Gasteiger partial charge >= 0.3 is 0 Å². The summed E-state index contributed by atoms with van der Waals surface area (Å²) in [5, 5.41) is 0. The molecule has 0 aliphatic heterocycles. The van der Waals surface area contributed by atoms with Crippen molar-refractivity contribution < 1.29 is 0 Å². The van der Waals surface area contributed by atoms with Gasteiger partial charge in [-0.05, 0) is 6.92 Å². The third kappa shape index (κ3) is 5.43. The molecule has 0 radical (unpaired) electrons. The molecule has 0 aromatic rings. The van der Waals surface area contributed by atoms with Crippen LogP contribution in [0.25, 0.3) is 0 Å². The Morgan fingerprint density at radius 2 is 2.00 bits per heavy atom. The quantitative estimate of drug-likeness (QED) is 0.628. The summed E-state index contributed by atoms with van der Waals surface area (Å²) in [7, 11) is 0. The molecule has 0 saturated heterocycles. The van der Waals surface area contributed by atoms with Crippen molar-refractivity contribution in [3.05, 3.63) is 37.0 Å². The zero-order valence-electron chi connectivity index (χ0n) is 7.70. The van der Waals surface area contributed by atoms with Crippen LogP contribution in [0, 0.1) is 0 Å². The van der Waals surface area contributed by atoms with E-state index in [-0.39, 0.29) is 0 Å². The summed E-state index contributed by atoms with van der Waals surface area (Å²) in [6.07, 6.45) is 4.34. The van der Waals surface area contributed by atoms with Crippen molar-refractivity contribution in [2.75, 3.05) is 0 Å². The molecule has 4 nitrogen and oxygen atoms in total. The Morgan fingerprint density at radius 1 is 1.38 bits per heavy atom. The lowest BCUT2D eigenvalue weighted by Crippen LogP contribution is -2.11. The summed E-state index contributed by atoms with van der Waals surface area (Å²) < 4.78 is 0. The van der Waals surface area contributed by atoms with E-state index in [4.69, 9.17) is 11.5 Å². The first-order chi connectivity index (χ1) is 6.07. The second kappa shape index (κ2) is 5.77. The van der Waals surface area contributed by atoms with Crippen LogP contribution in [0.15, 0.2) is 46.9 Å². The standard InChI is InChI=1S/C9H14N4/c1-4-12-6-9(8(3)11)13-5-7(2)10/h4-6H,1,3,10-11H2,2H3/b7-5-,12-6-,13-9-. The molecule has 0 rings (SSSR count). The highest BCUT2D eigenvalue weighted by molar-refractivity contribution is 6.37. The first-order valence-corrected chi connectivity index (χ1v) is 3.66. The summed E-state index contributed by atoms with van der Waals surface area (Å²) in [6.45, 7) is 8.69. The fraction of sp³-hybridized carbons (Fsp3) is 0.111. The topological polar surface area (TPSA) is 76.8 Å². The van der Waals surface area contributed by atoms with Crippen molar-refractivity contribution in [1.29, 1.82) is 0 Å².